The van der Waals surface area contributed by atoms with E-state index < -0.39 is 0 Å². The smallest absolute Gasteiger partial charge is 0.0625 e. The molecule has 0 aliphatic carbocycles. The Morgan fingerprint density at radius 2 is 2.33 bits per heavy atom. The Balaban J connectivity index is 2.57. The summed E-state index contributed by atoms with van der Waals surface area (Å²) < 4.78 is 1.81. The quantitative estimate of drug-likeness (QED) is 0.732. The van der Waals surface area contributed by atoms with Crippen molar-refractivity contribution in [3.63, 3.8) is 0 Å². The van der Waals surface area contributed by atoms with Crippen LogP contribution < -0.4 is 0 Å². The standard InChI is InChI=1S/C9H16N2O/c1-7(12)4-5-9-6-11(3)10-8(9)2/h6-7,12H,4-5H2,1-3H3/t7-/m1/s1. The Bertz CT molecular complexity index is 253. The minimum absolute atomic E-state index is 0.218. The molecule has 1 rings (SSSR count). The van der Waals surface area contributed by atoms with Crippen LogP contribution >= 0.6 is 0 Å². The van der Waals surface area contributed by atoms with E-state index in [4.69, 9.17) is 5.11 Å². The van der Waals surface area contributed by atoms with Crippen molar-refractivity contribution in [2.75, 3.05) is 0 Å². The monoisotopic (exact) mass is 168 g/mol. The lowest BCUT2D eigenvalue weighted by Gasteiger charge is -2.01. The Kier molecular flexibility index (Phi) is 2.87. The van der Waals surface area contributed by atoms with E-state index in [1.165, 1.54) is 5.56 Å². The van der Waals surface area contributed by atoms with Crippen LogP contribution in [0.25, 0.3) is 0 Å². The van der Waals surface area contributed by atoms with Crippen molar-refractivity contribution in [1.29, 1.82) is 0 Å². The molecule has 0 saturated carbocycles. The number of nitrogens with zero attached hydrogens (tertiary/aromatic N) is 2. The van der Waals surface area contributed by atoms with Gasteiger partial charge in [0, 0.05) is 13.2 Å². The van der Waals surface area contributed by atoms with Gasteiger partial charge in [-0.05, 0) is 32.3 Å². The molecule has 0 bridgehead atoms. The molecule has 0 amide bonds. The molecule has 68 valence electrons. The van der Waals surface area contributed by atoms with Crippen LogP contribution in [0.1, 0.15) is 24.6 Å². The van der Waals surface area contributed by atoms with Crippen LogP contribution in [-0.2, 0) is 13.5 Å². The zero-order chi connectivity index (χ0) is 9.14. The van der Waals surface area contributed by atoms with E-state index in [-0.39, 0.29) is 6.10 Å². The van der Waals surface area contributed by atoms with E-state index in [9.17, 15) is 0 Å². The molecule has 1 heterocycles. The minimum Gasteiger partial charge on any atom is -0.393 e. The summed E-state index contributed by atoms with van der Waals surface area (Å²) in [5, 5.41) is 13.3. The molecule has 0 fully saturated rings. The molecule has 0 aliphatic heterocycles. The van der Waals surface area contributed by atoms with E-state index in [1.54, 1.807) is 0 Å². The second kappa shape index (κ2) is 3.72. The van der Waals surface area contributed by atoms with Crippen molar-refractivity contribution >= 4 is 0 Å². The number of hydrogen-bond acceptors (Lipinski definition) is 2. The molecule has 1 N–H and O–H groups in total. The van der Waals surface area contributed by atoms with Gasteiger partial charge in [0.2, 0.25) is 0 Å². The summed E-state index contributed by atoms with van der Waals surface area (Å²) in [5.74, 6) is 0. The molecule has 0 radical (unpaired) electrons. The molecular formula is C9H16N2O. The van der Waals surface area contributed by atoms with E-state index in [1.807, 2.05) is 31.8 Å². The third-order valence-electron chi connectivity index (χ3n) is 1.95. The highest BCUT2D eigenvalue weighted by Crippen LogP contribution is 2.08. The molecule has 0 aromatic carbocycles. The number of aryl methyl sites for hydroxylation is 3. The average molecular weight is 168 g/mol. The lowest BCUT2D eigenvalue weighted by atomic mass is 10.1. The summed E-state index contributed by atoms with van der Waals surface area (Å²) >= 11 is 0. The van der Waals surface area contributed by atoms with Crippen LogP contribution in [0.4, 0.5) is 0 Å². The molecule has 0 aliphatic rings. The fourth-order valence-corrected chi connectivity index (χ4v) is 1.26. The summed E-state index contributed by atoms with van der Waals surface area (Å²) in [6.07, 6.45) is 3.52. The minimum atomic E-state index is -0.218. The molecule has 1 aromatic heterocycles. The van der Waals surface area contributed by atoms with Gasteiger partial charge >= 0.3 is 0 Å². The summed E-state index contributed by atoms with van der Waals surface area (Å²) in [6.45, 7) is 3.81. The average Bonchev–Trinajstić information content (AvgIpc) is 2.26. The molecule has 3 heteroatoms. The first-order chi connectivity index (χ1) is 5.59. The van der Waals surface area contributed by atoms with Gasteiger partial charge in [0.1, 0.15) is 0 Å². The summed E-state index contributed by atoms with van der Waals surface area (Å²) in [7, 11) is 1.92. The van der Waals surface area contributed by atoms with Gasteiger partial charge in [-0.1, -0.05) is 0 Å². The highest BCUT2D eigenvalue weighted by Gasteiger charge is 2.03. The zero-order valence-electron chi connectivity index (χ0n) is 7.91. The second-order valence-corrected chi connectivity index (χ2v) is 3.30. The third-order valence-corrected chi connectivity index (χ3v) is 1.95. The van der Waals surface area contributed by atoms with E-state index in [2.05, 4.69) is 5.10 Å². The van der Waals surface area contributed by atoms with Crippen molar-refractivity contribution in [2.24, 2.45) is 7.05 Å². The van der Waals surface area contributed by atoms with E-state index in [0.717, 1.165) is 18.5 Å². The van der Waals surface area contributed by atoms with Gasteiger partial charge in [-0.15, -0.1) is 0 Å². The first kappa shape index (κ1) is 9.26. The van der Waals surface area contributed by atoms with Gasteiger partial charge < -0.3 is 5.11 Å². The number of aliphatic hydroxyl groups is 1. The van der Waals surface area contributed by atoms with Crippen LogP contribution in [0.5, 0.6) is 0 Å². The van der Waals surface area contributed by atoms with Crippen LogP contribution in [0.15, 0.2) is 6.20 Å². The molecule has 1 aromatic rings. The lowest BCUT2D eigenvalue weighted by Crippen LogP contribution is -2.01. The summed E-state index contributed by atoms with van der Waals surface area (Å²) in [5.41, 5.74) is 2.30. The highest BCUT2D eigenvalue weighted by atomic mass is 16.3. The van der Waals surface area contributed by atoms with Crippen molar-refractivity contribution in [1.82, 2.24) is 9.78 Å². The molecule has 0 saturated heterocycles. The molecule has 1 atom stereocenters. The van der Waals surface area contributed by atoms with Crippen molar-refractivity contribution in [3.05, 3.63) is 17.5 Å². The number of aromatic nitrogens is 2. The number of rotatable bonds is 3. The Hall–Kier alpha value is -0.830. The number of aliphatic hydroxyl groups excluding tert-OH is 1. The predicted molar refractivity (Wildman–Crippen MR) is 47.9 cm³/mol. The number of hydrogen-bond donors (Lipinski definition) is 1. The van der Waals surface area contributed by atoms with Gasteiger partial charge in [-0.25, -0.2) is 0 Å². The molecule has 12 heavy (non-hydrogen) atoms. The SMILES string of the molecule is Cc1nn(C)cc1CC[C@@H](C)O. The summed E-state index contributed by atoms with van der Waals surface area (Å²) in [4.78, 5) is 0. The maximum Gasteiger partial charge on any atom is 0.0625 e. The maximum absolute atomic E-state index is 9.08. The Labute approximate surface area is 73.0 Å². The maximum atomic E-state index is 9.08. The van der Waals surface area contributed by atoms with Gasteiger partial charge in [-0.3, -0.25) is 4.68 Å². The van der Waals surface area contributed by atoms with Crippen LogP contribution in [-0.4, -0.2) is 21.0 Å². The zero-order valence-corrected chi connectivity index (χ0v) is 7.91. The van der Waals surface area contributed by atoms with Crippen LogP contribution in [0.3, 0.4) is 0 Å². The Morgan fingerprint density at radius 3 is 2.75 bits per heavy atom. The fourth-order valence-electron chi connectivity index (χ4n) is 1.26. The van der Waals surface area contributed by atoms with E-state index in [0.29, 0.717) is 0 Å². The second-order valence-electron chi connectivity index (χ2n) is 3.30. The molecule has 0 spiro atoms. The molecular weight excluding hydrogens is 152 g/mol. The van der Waals surface area contributed by atoms with Crippen LogP contribution in [0.2, 0.25) is 0 Å². The largest absolute Gasteiger partial charge is 0.393 e. The van der Waals surface area contributed by atoms with E-state index >= 15 is 0 Å². The summed E-state index contributed by atoms with van der Waals surface area (Å²) in [6, 6.07) is 0. The van der Waals surface area contributed by atoms with Crippen LogP contribution in [0, 0.1) is 6.92 Å². The molecule has 0 unspecified atom stereocenters. The third kappa shape index (κ3) is 2.34. The topological polar surface area (TPSA) is 38.0 Å². The van der Waals surface area contributed by atoms with Gasteiger partial charge in [0.15, 0.2) is 0 Å². The van der Waals surface area contributed by atoms with Gasteiger partial charge in [0.05, 0.1) is 11.8 Å². The lowest BCUT2D eigenvalue weighted by molar-refractivity contribution is 0.185. The fraction of sp³-hybridized carbons (Fsp3) is 0.667. The molecule has 3 nitrogen and oxygen atoms in total. The highest BCUT2D eigenvalue weighted by molar-refractivity contribution is 5.15. The Morgan fingerprint density at radius 1 is 1.67 bits per heavy atom. The predicted octanol–water partition coefficient (Wildman–Crippen LogP) is 1.04. The first-order valence-corrected chi connectivity index (χ1v) is 4.27. The van der Waals surface area contributed by atoms with Gasteiger partial charge in [-0.2, -0.15) is 5.10 Å². The van der Waals surface area contributed by atoms with Crippen molar-refractivity contribution in [2.45, 2.75) is 32.8 Å². The van der Waals surface area contributed by atoms with Gasteiger partial charge in [0.25, 0.3) is 0 Å². The van der Waals surface area contributed by atoms with Crippen molar-refractivity contribution in [3.8, 4) is 0 Å². The van der Waals surface area contributed by atoms with Crippen molar-refractivity contribution < 1.29 is 5.11 Å². The first-order valence-electron chi connectivity index (χ1n) is 4.27. The normalized spacial score (nSPS) is 13.3.